The average Bonchev–Trinajstić information content (AvgIpc) is 2.67. The number of aryl methyl sites for hydroxylation is 1. The summed E-state index contributed by atoms with van der Waals surface area (Å²) in [6.45, 7) is 4.60. The van der Waals surface area contributed by atoms with E-state index in [-0.39, 0.29) is 5.03 Å². The highest BCUT2D eigenvalue weighted by atomic mass is 32.2. The third-order valence-corrected chi connectivity index (χ3v) is 3.98. The molecule has 1 rings (SSSR count). The van der Waals surface area contributed by atoms with Crippen LogP contribution in [-0.4, -0.2) is 24.5 Å². The molecule has 5 nitrogen and oxygen atoms in total. The second-order valence-electron chi connectivity index (χ2n) is 3.91. The lowest BCUT2D eigenvalue weighted by Crippen LogP contribution is -2.29. The predicted octanol–water partition coefficient (Wildman–Crippen LogP) is 1.13. The third kappa shape index (κ3) is 3.31. The van der Waals surface area contributed by atoms with Crippen molar-refractivity contribution in [3.8, 4) is 0 Å². The van der Waals surface area contributed by atoms with E-state index < -0.39 is 10.0 Å². The van der Waals surface area contributed by atoms with E-state index in [1.807, 2.05) is 0 Å². The number of hydrogen-bond donors (Lipinski definition) is 1. The third-order valence-electron chi connectivity index (χ3n) is 2.67. The molecule has 0 bridgehead atoms. The Kier molecular flexibility index (Phi) is 4.49. The largest absolute Gasteiger partial charge is 0.339 e. The van der Waals surface area contributed by atoms with Crippen molar-refractivity contribution < 1.29 is 8.42 Å². The molecule has 0 aliphatic carbocycles. The second kappa shape index (κ2) is 5.45. The highest BCUT2D eigenvalue weighted by Crippen LogP contribution is 2.08. The Hall–Kier alpha value is -0.880. The molecule has 0 aromatic carbocycles. The fraction of sp³-hybridized carbons (Fsp3) is 0.700. The van der Waals surface area contributed by atoms with E-state index in [9.17, 15) is 8.42 Å². The van der Waals surface area contributed by atoms with Gasteiger partial charge in [0.05, 0.1) is 6.33 Å². The maximum absolute atomic E-state index is 11.8. The van der Waals surface area contributed by atoms with Gasteiger partial charge in [-0.25, -0.2) is 18.1 Å². The molecule has 0 fully saturated rings. The van der Waals surface area contributed by atoms with Crippen molar-refractivity contribution in [3.63, 3.8) is 0 Å². The van der Waals surface area contributed by atoms with Gasteiger partial charge in [0.2, 0.25) is 0 Å². The van der Waals surface area contributed by atoms with Crippen LogP contribution in [0.3, 0.4) is 0 Å². The van der Waals surface area contributed by atoms with E-state index in [4.69, 9.17) is 0 Å². The number of hydrogen-bond acceptors (Lipinski definition) is 3. The SMILES string of the molecule is CCC(CC)CNS(=O)(=O)c1cn(C)cn1. The van der Waals surface area contributed by atoms with Crippen LogP contribution >= 0.6 is 0 Å². The molecule has 92 valence electrons. The number of rotatable bonds is 6. The highest BCUT2D eigenvalue weighted by molar-refractivity contribution is 7.89. The van der Waals surface area contributed by atoms with E-state index in [0.29, 0.717) is 12.5 Å². The molecule has 1 N–H and O–H groups in total. The Labute approximate surface area is 96.9 Å². The van der Waals surface area contributed by atoms with Crippen LogP contribution in [0.15, 0.2) is 17.6 Å². The summed E-state index contributed by atoms with van der Waals surface area (Å²) in [5.41, 5.74) is 0. The van der Waals surface area contributed by atoms with Crippen molar-refractivity contribution in [2.75, 3.05) is 6.54 Å². The van der Waals surface area contributed by atoms with Gasteiger partial charge in [-0.1, -0.05) is 26.7 Å². The molecule has 1 aromatic heterocycles. The number of nitrogens with one attached hydrogen (secondary N) is 1. The Morgan fingerprint density at radius 3 is 2.50 bits per heavy atom. The number of sulfonamides is 1. The summed E-state index contributed by atoms with van der Waals surface area (Å²) < 4.78 is 27.8. The van der Waals surface area contributed by atoms with Crippen molar-refractivity contribution in [3.05, 3.63) is 12.5 Å². The number of aromatic nitrogens is 2. The van der Waals surface area contributed by atoms with Gasteiger partial charge in [-0.2, -0.15) is 0 Å². The molecule has 16 heavy (non-hydrogen) atoms. The molecular formula is C10H19N3O2S. The van der Waals surface area contributed by atoms with Gasteiger partial charge in [0.15, 0.2) is 5.03 Å². The summed E-state index contributed by atoms with van der Waals surface area (Å²) in [7, 11) is -1.69. The molecule has 0 saturated carbocycles. The van der Waals surface area contributed by atoms with Crippen LogP contribution in [0.5, 0.6) is 0 Å². The summed E-state index contributed by atoms with van der Waals surface area (Å²) in [6, 6.07) is 0. The van der Waals surface area contributed by atoms with E-state index in [1.54, 1.807) is 11.6 Å². The molecule has 0 saturated heterocycles. The molecule has 0 aliphatic rings. The minimum Gasteiger partial charge on any atom is -0.339 e. The molecule has 0 unspecified atom stereocenters. The molecule has 0 radical (unpaired) electrons. The van der Waals surface area contributed by atoms with Crippen LogP contribution in [0.25, 0.3) is 0 Å². The summed E-state index contributed by atoms with van der Waals surface area (Å²) in [4.78, 5) is 3.83. The minimum atomic E-state index is -3.44. The first-order chi connectivity index (χ1) is 7.49. The quantitative estimate of drug-likeness (QED) is 0.817. The smallest absolute Gasteiger partial charge is 0.259 e. The topological polar surface area (TPSA) is 64.0 Å². The lowest BCUT2D eigenvalue weighted by Gasteiger charge is -2.12. The second-order valence-corrected chi connectivity index (χ2v) is 5.63. The number of nitrogens with zero attached hydrogens (tertiary/aromatic N) is 2. The van der Waals surface area contributed by atoms with Crippen LogP contribution in [-0.2, 0) is 17.1 Å². The summed E-state index contributed by atoms with van der Waals surface area (Å²) in [5, 5.41) is 0.0842. The normalized spacial score (nSPS) is 12.2. The minimum absolute atomic E-state index is 0.0842. The molecule has 0 amide bonds. The van der Waals surface area contributed by atoms with E-state index in [2.05, 4.69) is 23.6 Å². The van der Waals surface area contributed by atoms with Crippen LogP contribution < -0.4 is 4.72 Å². The first-order valence-electron chi connectivity index (χ1n) is 5.47. The van der Waals surface area contributed by atoms with E-state index in [0.717, 1.165) is 12.8 Å². The zero-order valence-corrected chi connectivity index (χ0v) is 10.8. The summed E-state index contributed by atoms with van der Waals surface area (Å²) >= 11 is 0. The first-order valence-corrected chi connectivity index (χ1v) is 6.95. The van der Waals surface area contributed by atoms with E-state index >= 15 is 0 Å². The summed E-state index contributed by atoms with van der Waals surface area (Å²) in [6.07, 6.45) is 4.92. The summed E-state index contributed by atoms with van der Waals surface area (Å²) in [5.74, 6) is 0.387. The lowest BCUT2D eigenvalue weighted by molar-refractivity contribution is 0.478. The number of imidazole rings is 1. The van der Waals surface area contributed by atoms with Gasteiger partial charge >= 0.3 is 0 Å². The Balaban J connectivity index is 2.66. The first kappa shape index (κ1) is 13.2. The maximum atomic E-state index is 11.8. The van der Waals surface area contributed by atoms with Gasteiger partial charge in [-0.15, -0.1) is 0 Å². The zero-order valence-electron chi connectivity index (χ0n) is 9.97. The molecule has 1 heterocycles. The van der Waals surface area contributed by atoms with Gasteiger partial charge in [-0.3, -0.25) is 0 Å². The molecule has 0 spiro atoms. The van der Waals surface area contributed by atoms with Gasteiger partial charge in [0.25, 0.3) is 10.0 Å². The lowest BCUT2D eigenvalue weighted by atomic mass is 10.0. The van der Waals surface area contributed by atoms with Gasteiger partial charge < -0.3 is 4.57 Å². The van der Waals surface area contributed by atoms with Crippen molar-refractivity contribution in [2.45, 2.75) is 31.7 Å². The highest BCUT2D eigenvalue weighted by Gasteiger charge is 2.17. The van der Waals surface area contributed by atoms with Gasteiger partial charge in [0, 0.05) is 19.8 Å². The molecule has 0 aliphatic heterocycles. The Morgan fingerprint density at radius 2 is 2.06 bits per heavy atom. The predicted molar refractivity (Wildman–Crippen MR) is 62.5 cm³/mol. The van der Waals surface area contributed by atoms with E-state index in [1.165, 1.54) is 12.5 Å². The van der Waals surface area contributed by atoms with Crippen molar-refractivity contribution >= 4 is 10.0 Å². The fourth-order valence-electron chi connectivity index (χ4n) is 1.41. The Bertz CT molecular complexity index is 421. The maximum Gasteiger partial charge on any atom is 0.259 e. The fourth-order valence-corrected chi connectivity index (χ4v) is 2.50. The molecule has 1 aromatic rings. The molecular weight excluding hydrogens is 226 g/mol. The van der Waals surface area contributed by atoms with Crippen LogP contribution in [0.2, 0.25) is 0 Å². The van der Waals surface area contributed by atoms with Crippen molar-refractivity contribution in [2.24, 2.45) is 13.0 Å². The van der Waals surface area contributed by atoms with Crippen molar-refractivity contribution in [1.82, 2.24) is 14.3 Å². The standard InChI is InChI=1S/C10H19N3O2S/c1-4-9(5-2)6-12-16(14,15)10-7-13(3)8-11-10/h7-9,12H,4-6H2,1-3H3. The monoisotopic (exact) mass is 245 g/mol. The molecule has 6 heteroatoms. The zero-order chi connectivity index (χ0) is 12.2. The van der Waals surface area contributed by atoms with Gasteiger partial charge in [0.1, 0.15) is 0 Å². The Morgan fingerprint density at radius 1 is 1.44 bits per heavy atom. The molecule has 0 atom stereocenters. The van der Waals surface area contributed by atoms with Crippen LogP contribution in [0.1, 0.15) is 26.7 Å². The van der Waals surface area contributed by atoms with Gasteiger partial charge in [-0.05, 0) is 5.92 Å². The van der Waals surface area contributed by atoms with Crippen molar-refractivity contribution in [1.29, 1.82) is 0 Å². The average molecular weight is 245 g/mol. The van der Waals surface area contributed by atoms with Crippen LogP contribution in [0.4, 0.5) is 0 Å². The van der Waals surface area contributed by atoms with Crippen LogP contribution in [0, 0.1) is 5.92 Å².